The molecule has 1 heterocycles. The third kappa shape index (κ3) is 2.35. The van der Waals surface area contributed by atoms with Crippen molar-refractivity contribution in [3.63, 3.8) is 0 Å². The van der Waals surface area contributed by atoms with Crippen molar-refractivity contribution in [2.24, 2.45) is 5.41 Å². The van der Waals surface area contributed by atoms with Crippen molar-refractivity contribution in [3.8, 4) is 0 Å². The van der Waals surface area contributed by atoms with E-state index in [1.165, 1.54) is 17.5 Å². The molecule has 0 aromatic heterocycles. The summed E-state index contributed by atoms with van der Waals surface area (Å²) in [7, 11) is 0. The topological polar surface area (TPSA) is 41.1 Å². The average molecular weight is 272 g/mol. The number of nitrogens with one attached hydrogen (secondary N) is 2. The van der Waals surface area contributed by atoms with Gasteiger partial charge in [-0.15, -0.1) is 0 Å². The van der Waals surface area contributed by atoms with Crippen molar-refractivity contribution in [2.75, 3.05) is 13.1 Å². The number of hydrogen-bond donors (Lipinski definition) is 2. The molecule has 0 saturated carbocycles. The first kappa shape index (κ1) is 13.6. The fraction of sp³-hybridized carbons (Fsp3) is 0.588. The van der Waals surface area contributed by atoms with Crippen LogP contribution >= 0.6 is 0 Å². The third-order valence-corrected chi connectivity index (χ3v) is 5.08. The molecule has 20 heavy (non-hydrogen) atoms. The molecule has 1 fully saturated rings. The Morgan fingerprint density at radius 2 is 2.30 bits per heavy atom. The summed E-state index contributed by atoms with van der Waals surface area (Å²) < 4.78 is 0. The van der Waals surface area contributed by atoms with Crippen LogP contribution in [0.3, 0.4) is 0 Å². The molecular weight excluding hydrogens is 248 g/mol. The average Bonchev–Trinajstić information content (AvgIpc) is 2.98. The van der Waals surface area contributed by atoms with Gasteiger partial charge < -0.3 is 10.6 Å². The number of carbonyl (C=O) groups excluding carboxylic acids is 1. The van der Waals surface area contributed by atoms with Gasteiger partial charge in [-0.3, -0.25) is 4.79 Å². The second-order valence-electron chi connectivity index (χ2n) is 6.18. The van der Waals surface area contributed by atoms with Crippen LogP contribution in [0, 0.1) is 5.41 Å². The highest BCUT2D eigenvalue weighted by atomic mass is 16.2. The Balaban J connectivity index is 1.77. The van der Waals surface area contributed by atoms with Crippen LogP contribution in [0.5, 0.6) is 0 Å². The summed E-state index contributed by atoms with van der Waals surface area (Å²) in [5.74, 6) is 0.242. The minimum absolute atomic E-state index is 0.188. The third-order valence-electron chi connectivity index (χ3n) is 5.08. The molecule has 0 radical (unpaired) electrons. The quantitative estimate of drug-likeness (QED) is 0.888. The van der Waals surface area contributed by atoms with Crippen LogP contribution in [0.4, 0.5) is 0 Å². The van der Waals surface area contributed by atoms with Crippen molar-refractivity contribution < 1.29 is 4.79 Å². The van der Waals surface area contributed by atoms with Crippen molar-refractivity contribution in [1.82, 2.24) is 10.6 Å². The zero-order valence-electron chi connectivity index (χ0n) is 12.2. The van der Waals surface area contributed by atoms with Gasteiger partial charge in [-0.05, 0) is 49.8 Å². The Hall–Kier alpha value is -1.35. The van der Waals surface area contributed by atoms with E-state index in [0.717, 1.165) is 38.8 Å². The number of hydrogen-bond acceptors (Lipinski definition) is 2. The van der Waals surface area contributed by atoms with Crippen LogP contribution in [0.25, 0.3) is 0 Å². The lowest BCUT2D eigenvalue weighted by atomic mass is 9.81. The summed E-state index contributed by atoms with van der Waals surface area (Å²) >= 11 is 0. The molecule has 3 nitrogen and oxygen atoms in total. The van der Waals surface area contributed by atoms with Crippen molar-refractivity contribution >= 4 is 5.91 Å². The second-order valence-corrected chi connectivity index (χ2v) is 6.18. The van der Waals surface area contributed by atoms with Gasteiger partial charge in [-0.2, -0.15) is 0 Å². The Labute approximate surface area is 121 Å². The van der Waals surface area contributed by atoms with E-state index >= 15 is 0 Å². The highest BCUT2D eigenvalue weighted by Crippen LogP contribution is 2.34. The number of amides is 1. The van der Waals surface area contributed by atoms with E-state index in [1.54, 1.807) is 0 Å². The van der Waals surface area contributed by atoms with E-state index in [-0.39, 0.29) is 17.4 Å². The lowest BCUT2D eigenvalue weighted by Gasteiger charge is -2.31. The minimum Gasteiger partial charge on any atom is -0.349 e. The molecule has 2 aliphatic rings. The second kappa shape index (κ2) is 5.57. The van der Waals surface area contributed by atoms with Gasteiger partial charge in [0.25, 0.3) is 0 Å². The molecule has 3 rings (SSSR count). The maximum Gasteiger partial charge on any atom is 0.228 e. The fourth-order valence-corrected chi connectivity index (χ4v) is 3.62. The minimum atomic E-state index is -0.188. The smallest absolute Gasteiger partial charge is 0.228 e. The summed E-state index contributed by atoms with van der Waals surface area (Å²) in [6.45, 7) is 3.91. The van der Waals surface area contributed by atoms with E-state index < -0.39 is 0 Å². The summed E-state index contributed by atoms with van der Waals surface area (Å²) in [6, 6.07) is 8.75. The van der Waals surface area contributed by atoms with Crippen LogP contribution < -0.4 is 10.6 Å². The molecule has 108 valence electrons. The number of rotatable bonds is 3. The predicted octanol–water partition coefficient (Wildman–Crippen LogP) is 2.57. The van der Waals surface area contributed by atoms with Crippen LogP contribution in [0.2, 0.25) is 0 Å². The van der Waals surface area contributed by atoms with Gasteiger partial charge in [0.1, 0.15) is 0 Å². The van der Waals surface area contributed by atoms with Crippen molar-refractivity contribution in [1.29, 1.82) is 0 Å². The number of carbonyl (C=O) groups is 1. The maximum atomic E-state index is 12.7. The molecular formula is C17H24N2O. The summed E-state index contributed by atoms with van der Waals surface area (Å²) in [4.78, 5) is 12.7. The van der Waals surface area contributed by atoms with Gasteiger partial charge in [0.15, 0.2) is 0 Å². The summed E-state index contributed by atoms with van der Waals surface area (Å²) in [5, 5.41) is 6.67. The van der Waals surface area contributed by atoms with Crippen LogP contribution in [0.1, 0.15) is 49.8 Å². The van der Waals surface area contributed by atoms with E-state index in [2.05, 4.69) is 41.8 Å². The fourth-order valence-electron chi connectivity index (χ4n) is 3.62. The number of benzene rings is 1. The zero-order chi connectivity index (χ0) is 14.0. The Bertz CT molecular complexity index is 492. The zero-order valence-corrected chi connectivity index (χ0v) is 12.2. The van der Waals surface area contributed by atoms with Crippen molar-refractivity contribution in [3.05, 3.63) is 35.4 Å². The van der Waals surface area contributed by atoms with E-state index in [0.29, 0.717) is 0 Å². The molecule has 1 aromatic rings. The molecule has 2 unspecified atom stereocenters. The molecule has 1 aliphatic heterocycles. The standard InChI is InChI=1S/C17H24N2O/c1-2-17(10-11-18-12-17)16(20)19-15-9-5-7-13-6-3-4-8-14(13)15/h3-4,6,8,15,18H,2,5,7,9-12H2,1H3,(H,19,20). The van der Waals surface area contributed by atoms with Gasteiger partial charge in [0.2, 0.25) is 5.91 Å². The van der Waals surface area contributed by atoms with Gasteiger partial charge in [0.05, 0.1) is 11.5 Å². The lowest BCUT2D eigenvalue weighted by molar-refractivity contribution is -0.131. The lowest BCUT2D eigenvalue weighted by Crippen LogP contribution is -2.44. The molecule has 2 atom stereocenters. The molecule has 0 spiro atoms. The van der Waals surface area contributed by atoms with Crippen molar-refractivity contribution in [2.45, 2.75) is 45.1 Å². The van der Waals surface area contributed by atoms with E-state index in [4.69, 9.17) is 0 Å². The van der Waals surface area contributed by atoms with Gasteiger partial charge in [-0.1, -0.05) is 31.2 Å². The highest BCUT2D eigenvalue weighted by molar-refractivity contribution is 5.83. The molecule has 1 aromatic carbocycles. The number of aryl methyl sites for hydroxylation is 1. The normalized spacial score (nSPS) is 28.9. The first-order valence-electron chi connectivity index (χ1n) is 7.85. The molecule has 0 bridgehead atoms. The van der Waals surface area contributed by atoms with Crippen LogP contribution in [-0.2, 0) is 11.2 Å². The van der Waals surface area contributed by atoms with E-state index in [1.807, 2.05) is 0 Å². The largest absolute Gasteiger partial charge is 0.349 e. The molecule has 3 heteroatoms. The molecule has 1 aliphatic carbocycles. The molecule has 1 saturated heterocycles. The molecule has 1 amide bonds. The van der Waals surface area contributed by atoms with Gasteiger partial charge in [-0.25, -0.2) is 0 Å². The molecule has 2 N–H and O–H groups in total. The summed E-state index contributed by atoms with van der Waals surface area (Å²) in [6.07, 6.45) is 5.25. The Morgan fingerprint density at radius 3 is 3.05 bits per heavy atom. The first-order valence-corrected chi connectivity index (χ1v) is 7.85. The van der Waals surface area contributed by atoms with Gasteiger partial charge >= 0.3 is 0 Å². The Morgan fingerprint density at radius 1 is 1.45 bits per heavy atom. The van der Waals surface area contributed by atoms with Crippen LogP contribution in [-0.4, -0.2) is 19.0 Å². The highest BCUT2D eigenvalue weighted by Gasteiger charge is 2.40. The SMILES string of the molecule is CCC1(C(=O)NC2CCCc3ccccc32)CCNC1. The van der Waals surface area contributed by atoms with E-state index in [9.17, 15) is 4.79 Å². The first-order chi connectivity index (χ1) is 9.75. The monoisotopic (exact) mass is 272 g/mol. The Kier molecular flexibility index (Phi) is 3.79. The predicted molar refractivity (Wildman–Crippen MR) is 80.5 cm³/mol. The summed E-state index contributed by atoms with van der Waals surface area (Å²) in [5.41, 5.74) is 2.54. The van der Waals surface area contributed by atoms with Crippen LogP contribution in [0.15, 0.2) is 24.3 Å². The maximum absolute atomic E-state index is 12.7. The number of fused-ring (bicyclic) bond motifs is 1. The van der Waals surface area contributed by atoms with Gasteiger partial charge in [0, 0.05) is 6.54 Å².